The van der Waals surface area contributed by atoms with Crippen LogP contribution in [-0.4, -0.2) is 13.1 Å². The number of hydrogen-bond donors (Lipinski definition) is 1. The molecule has 2 rings (SSSR count). The van der Waals surface area contributed by atoms with Gasteiger partial charge in [0.05, 0.1) is 12.7 Å². The summed E-state index contributed by atoms with van der Waals surface area (Å²) < 4.78 is 4.65. The third kappa shape index (κ3) is 1.48. The summed E-state index contributed by atoms with van der Waals surface area (Å²) in [6.07, 6.45) is 4.77. The Morgan fingerprint density at radius 1 is 1.50 bits per heavy atom. The highest BCUT2D eigenvalue weighted by atomic mass is 16.5. The molecular weight excluding hydrogens is 178 g/mol. The van der Waals surface area contributed by atoms with E-state index in [0.29, 0.717) is 5.56 Å². The van der Waals surface area contributed by atoms with Crippen LogP contribution < -0.4 is 5.32 Å². The first-order valence-corrected chi connectivity index (χ1v) is 4.44. The summed E-state index contributed by atoms with van der Waals surface area (Å²) in [7, 11) is 1.39. The highest BCUT2D eigenvalue weighted by Crippen LogP contribution is 2.21. The van der Waals surface area contributed by atoms with Gasteiger partial charge < -0.3 is 10.1 Å². The Balaban J connectivity index is 2.36. The van der Waals surface area contributed by atoms with Crippen molar-refractivity contribution in [3.05, 3.63) is 41.6 Å². The number of rotatable bonds is 1. The minimum atomic E-state index is -0.289. The minimum Gasteiger partial charge on any atom is -0.465 e. The Hall–Kier alpha value is -1.77. The van der Waals surface area contributed by atoms with Crippen molar-refractivity contribution in [1.29, 1.82) is 0 Å². The minimum absolute atomic E-state index is 0.289. The second-order valence-corrected chi connectivity index (χ2v) is 3.11. The fraction of sp³-hybridized carbons (Fsp3) is 0.182. The van der Waals surface area contributed by atoms with Crippen molar-refractivity contribution in [2.45, 2.75) is 6.42 Å². The molecule has 1 N–H and O–H groups in total. The van der Waals surface area contributed by atoms with E-state index in [4.69, 9.17) is 0 Å². The molecule has 0 amide bonds. The van der Waals surface area contributed by atoms with Crippen molar-refractivity contribution in [3.8, 4) is 0 Å². The third-order valence-electron chi connectivity index (χ3n) is 2.22. The van der Waals surface area contributed by atoms with Gasteiger partial charge in [-0.1, -0.05) is 6.08 Å². The lowest BCUT2D eigenvalue weighted by atomic mass is 10.0. The van der Waals surface area contributed by atoms with Crippen molar-refractivity contribution >= 4 is 11.7 Å². The molecule has 0 radical (unpaired) electrons. The molecule has 0 saturated carbocycles. The maximum absolute atomic E-state index is 11.2. The largest absolute Gasteiger partial charge is 0.465 e. The van der Waals surface area contributed by atoms with Crippen molar-refractivity contribution in [3.63, 3.8) is 0 Å². The lowest BCUT2D eigenvalue weighted by molar-refractivity contribution is 0.0600. The van der Waals surface area contributed by atoms with Gasteiger partial charge in [0.15, 0.2) is 0 Å². The molecule has 0 unspecified atom stereocenters. The summed E-state index contributed by atoms with van der Waals surface area (Å²) in [4.78, 5) is 11.2. The van der Waals surface area contributed by atoms with Crippen LogP contribution in [0.2, 0.25) is 0 Å². The molecule has 0 spiro atoms. The predicted octanol–water partition coefficient (Wildman–Crippen LogP) is 1.95. The highest BCUT2D eigenvalue weighted by Gasteiger charge is 2.09. The zero-order valence-corrected chi connectivity index (χ0v) is 7.91. The topological polar surface area (TPSA) is 38.3 Å². The van der Waals surface area contributed by atoms with Crippen LogP contribution in [0.4, 0.5) is 5.69 Å². The fourth-order valence-electron chi connectivity index (χ4n) is 1.48. The van der Waals surface area contributed by atoms with E-state index in [1.165, 1.54) is 7.11 Å². The van der Waals surface area contributed by atoms with E-state index in [9.17, 15) is 4.79 Å². The Bertz CT molecular complexity index is 396. The van der Waals surface area contributed by atoms with Gasteiger partial charge in [0.2, 0.25) is 0 Å². The van der Waals surface area contributed by atoms with Gasteiger partial charge >= 0.3 is 5.97 Å². The normalized spacial score (nSPS) is 12.9. The smallest absolute Gasteiger partial charge is 0.337 e. The van der Waals surface area contributed by atoms with E-state index in [-0.39, 0.29) is 5.97 Å². The van der Waals surface area contributed by atoms with Crippen LogP contribution in [0, 0.1) is 0 Å². The predicted molar refractivity (Wildman–Crippen MR) is 54.2 cm³/mol. The molecule has 0 fully saturated rings. The molecular formula is C11H11NO2. The van der Waals surface area contributed by atoms with E-state index < -0.39 is 0 Å². The lowest BCUT2D eigenvalue weighted by Gasteiger charge is -2.13. The summed E-state index contributed by atoms with van der Waals surface area (Å²) in [6.45, 7) is 0. The van der Waals surface area contributed by atoms with Gasteiger partial charge in [0.1, 0.15) is 0 Å². The van der Waals surface area contributed by atoms with Gasteiger partial charge in [-0.3, -0.25) is 0 Å². The van der Waals surface area contributed by atoms with Crippen LogP contribution in [0.15, 0.2) is 30.5 Å². The molecule has 0 atom stereocenters. The average molecular weight is 189 g/mol. The molecule has 0 saturated heterocycles. The van der Waals surface area contributed by atoms with Crippen LogP contribution in [0.1, 0.15) is 15.9 Å². The highest BCUT2D eigenvalue weighted by molar-refractivity contribution is 5.90. The van der Waals surface area contributed by atoms with Crippen LogP contribution in [0.5, 0.6) is 0 Å². The zero-order chi connectivity index (χ0) is 9.97. The van der Waals surface area contributed by atoms with Gasteiger partial charge in [0, 0.05) is 5.69 Å². The molecule has 72 valence electrons. The first-order valence-electron chi connectivity index (χ1n) is 4.44. The van der Waals surface area contributed by atoms with Crippen molar-refractivity contribution in [2.75, 3.05) is 12.4 Å². The monoisotopic (exact) mass is 189 g/mol. The van der Waals surface area contributed by atoms with Gasteiger partial charge in [-0.2, -0.15) is 0 Å². The van der Waals surface area contributed by atoms with Crippen molar-refractivity contribution < 1.29 is 9.53 Å². The van der Waals surface area contributed by atoms with Gasteiger partial charge in [0.25, 0.3) is 0 Å². The molecule has 1 aliphatic heterocycles. The molecule has 3 nitrogen and oxygen atoms in total. The first kappa shape index (κ1) is 8.81. The molecule has 0 aliphatic carbocycles. The quantitative estimate of drug-likeness (QED) is 0.686. The summed E-state index contributed by atoms with van der Waals surface area (Å²) in [5.74, 6) is -0.289. The summed E-state index contributed by atoms with van der Waals surface area (Å²) >= 11 is 0. The van der Waals surface area contributed by atoms with E-state index in [0.717, 1.165) is 17.7 Å². The SMILES string of the molecule is COC(=O)c1ccc2c(c1)CC=CN2. The number of carbonyl (C=O) groups is 1. The molecule has 0 bridgehead atoms. The Morgan fingerprint density at radius 2 is 2.36 bits per heavy atom. The standard InChI is InChI=1S/C11H11NO2/c1-14-11(13)9-4-5-10-8(7-9)3-2-6-12-10/h2,4-7,12H,3H2,1H3. The Labute approximate surface area is 82.4 Å². The molecule has 1 aliphatic rings. The second-order valence-electron chi connectivity index (χ2n) is 3.11. The number of ether oxygens (including phenoxy) is 1. The first-order chi connectivity index (χ1) is 6.81. The third-order valence-corrected chi connectivity index (χ3v) is 2.22. The summed E-state index contributed by atoms with van der Waals surface area (Å²) in [5.41, 5.74) is 2.78. The van der Waals surface area contributed by atoms with Crippen LogP contribution in [0.25, 0.3) is 0 Å². The van der Waals surface area contributed by atoms with Gasteiger partial charge in [-0.05, 0) is 36.4 Å². The molecule has 1 heterocycles. The number of hydrogen-bond acceptors (Lipinski definition) is 3. The number of allylic oxidation sites excluding steroid dienone is 1. The van der Waals surface area contributed by atoms with E-state index >= 15 is 0 Å². The molecule has 1 aromatic carbocycles. The fourth-order valence-corrected chi connectivity index (χ4v) is 1.48. The van der Waals surface area contributed by atoms with E-state index in [1.54, 1.807) is 6.07 Å². The van der Waals surface area contributed by atoms with Crippen molar-refractivity contribution in [2.24, 2.45) is 0 Å². The maximum atomic E-state index is 11.2. The molecule has 0 aromatic heterocycles. The average Bonchev–Trinajstić information content (AvgIpc) is 2.27. The number of fused-ring (bicyclic) bond motifs is 1. The Kier molecular flexibility index (Phi) is 2.23. The number of nitrogens with one attached hydrogen (secondary N) is 1. The van der Waals surface area contributed by atoms with Crippen LogP contribution in [0.3, 0.4) is 0 Å². The van der Waals surface area contributed by atoms with Gasteiger partial charge in [-0.15, -0.1) is 0 Å². The van der Waals surface area contributed by atoms with E-state index in [2.05, 4.69) is 10.1 Å². The van der Waals surface area contributed by atoms with Gasteiger partial charge in [-0.25, -0.2) is 4.79 Å². The number of esters is 1. The molecule has 3 heteroatoms. The number of methoxy groups -OCH3 is 1. The van der Waals surface area contributed by atoms with E-state index in [1.807, 2.05) is 24.4 Å². The van der Waals surface area contributed by atoms with Crippen LogP contribution in [-0.2, 0) is 11.2 Å². The van der Waals surface area contributed by atoms with Crippen LogP contribution >= 0.6 is 0 Å². The number of benzene rings is 1. The summed E-state index contributed by atoms with van der Waals surface area (Å²) in [5, 5.41) is 3.11. The second kappa shape index (κ2) is 3.54. The number of anilines is 1. The Morgan fingerprint density at radius 3 is 3.14 bits per heavy atom. The molecule has 1 aromatic rings. The lowest BCUT2D eigenvalue weighted by Crippen LogP contribution is -2.05. The number of carbonyl (C=O) groups excluding carboxylic acids is 1. The maximum Gasteiger partial charge on any atom is 0.337 e. The summed E-state index contributed by atoms with van der Waals surface area (Å²) in [6, 6.07) is 5.51. The zero-order valence-electron chi connectivity index (χ0n) is 7.91. The molecule has 14 heavy (non-hydrogen) atoms. The van der Waals surface area contributed by atoms with Crippen molar-refractivity contribution in [1.82, 2.24) is 0 Å².